The van der Waals surface area contributed by atoms with Crippen molar-refractivity contribution < 1.29 is 4.79 Å². The van der Waals surface area contributed by atoms with Crippen molar-refractivity contribution in [1.29, 1.82) is 0 Å². The van der Waals surface area contributed by atoms with Crippen LogP contribution in [0, 0.1) is 5.92 Å². The second kappa shape index (κ2) is 8.52. The smallest absolute Gasteiger partial charge is 0.254 e. The molecule has 0 fully saturated rings. The van der Waals surface area contributed by atoms with E-state index in [9.17, 15) is 4.79 Å². The average Bonchev–Trinajstić information content (AvgIpc) is 2.55. The fourth-order valence-corrected chi connectivity index (χ4v) is 2.80. The molecule has 1 aliphatic carbocycles. The SMILES string of the molecule is C/C(=C\C1=CCCC=C1)CN(CC(C)C)C(=O)c1ccccc1. The number of hydrogen-bond acceptors (Lipinski definition) is 1. The van der Waals surface area contributed by atoms with Crippen LogP contribution in [-0.4, -0.2) is 23.9 Å². The topological polar surface area (TPSA) is 20.3 Å². The highest BCUT2D eigenvalue weighted by Gasteiger charge is 2.17. The Bertz CT molecular complexity index is 608. The minimum Gasteiger partial charge on any atom is -0.334 e. The third kappa shape index (κ3) is 5.55. The van der Waals surface area contributed by atoms with Crippen molar-refractivity contribution in [3.05, 3.63) is 71.3 Å². The molecule has 0 N–H and O–H groups in total. The summed E-state index contributed by atoms with van der Waals surface area (Å²) in [5.74, 6) is 0.560. The zero-order valence-corrected chi connectivity index (χ0v) is 14.5. The summed E-state index contributed by atoms with van der Waals surface area (Å²) in [6.07, 6.45) is 11.1. The van der Waals surface area contributed by atoms with Crippen LogP contribution >= 0.6 is 0 Å². The molecule has 0 unspecified atom stereocenters. The second-order valence-electron chi connectivity index (χ2n) is 6.62. The van der Waals surface area contributed by atoms with Gasteiger partial charge in [-0.15, -0.1) is 0 Å². The van der Waals surface area contributed by atoms with E-state index in [0.717, 1.165) is 24.9 Å². The van der Waals surface area contributed by atoms with E-state index >= 15 is 0 Å². The molecule has 2 rings (SSSR count). The van der Waals surface area contributed by atoms with Crippen LogP contribution in [0.1, 0.15) is 44.0 Å². The molecule has 0 bridgehead atoms. The van der Waals surface area contributed by atoms with Gasteiger partial charge in [0.2, 0.25) is 0 Å². The fourth-order valence-electron chi connectivity index (χ4n) is 2.80. The van der Waals surface area contributed by atoms with Gasteiger partial charge in [0.05, 0.1) is 0 Å². The van der Waals surface area contributed by atoms with Crippen LogP contribution in [0.3, 0.4) is 0 Å². The first-order chi connectivity index (χ1) is 11.1. The van der Waals surface area contributed by atoms with E-state index in [2.05, 4.69) is 45.1 Å². The first-order valence-electron chi connectivity index (χ1n) is 8.44. The minimum atomic E-state index is 0.111. The van der Waals surface area contributed by atoms with Crippen LogP contribution in [0.2, 0.25) is 0 Å². The minimum absolute atomic E-state index is 0.111. The molecule has 23 heavy (non-hydrogen) atoms. The zero-order valence-electron chi connectivity index (χ0n) is 14.5. The molecule has 0 radical (unpaired) electrons. The van der Waals surface area contributed by atoms with Gasteiger partial charge in [-0.1, -0.05) is 61.9 Å². The van der Waals surface area contributed by atoms with Gasteiger partial charge < -0.3 is 4.90 Å². The lowest BCUT2D eigenvalue weighted by atomic mass is 10.0. The van der Waals surface area contributed by atoms with Crippen molar-refractivity contribution in [3.8, 4) is 0 Å². The number of amides is 1. The van der Waals surface area contributed by atoms with Crippen LogP contribution in [0.5, 0.6) is 0 Å². The molecule has 122 valence electrons. The summed E-state index contributed by atoms with van der Waals surface area (Å²) in [6, 6.07) is 9.56. The van der Waals surface area contributed by atoms with E-state index in [1.165, 1.54) is 11.1 Å². The molecular formula is C21H27NO. The number of carbonyl (C=O) groups is 1. The van der Waals surface area contributed by atoms with Crippen molar-refractivity contribution >= 4 is 5.91 Å². The Morgan fingerprint density at radius 1 is 1.22 bits per heavy atom. The summed E-state index contributed by atoms with van der Waals surface area (Å²) in [4.78, 5) is 14.7. The Kier molecular flexibility index (Phi) is 6.40. The number of benzene rings is 1. The predicted octanol–water partition coefficient (Wildman–Crippen LogP) is 5.01. The van der Waals surface area contributed by atoms with Gasteiger partial charge in [0, 0.05) is 18.7 Å². The molecule has 0 saturated carbocycles. The van der Waals surface area contributed by atoms with Crippen molar-refractivity contribution in [1.82, 2.24) is 4.90 Å². The molecule has 1 amide bonds. The van der Waals surface area contributed by atoms with Gasteiger partial charge in [-0.25, -0.2) is 0 Å². The van der Waals surface area contributed by atoms with Gasteiger partial charge in [0.25, 0.3) is 5.91 Å². The maximum Gasteiger partial charge on any atom is 0.254 e. The van der Waals surface area contributed by atoms with Crippen molar-refractivity contribution in [3.63, 3.8) is 0 Å². The van der Waals surface area contributed by atoms with Crippen LogP contribution in [0.25, 0.3) is 0 Å². The lowest BCUT2D eigenvalue weighted by molar-refractivity contribution is 0.0751. The highest BCUT2D eigenvalue weighted by Crippen LogP contribution is 2.15. The van der Waals surface area contributed by atoms with Gasteiger partial charge in [0.1, 0.15) is 0 Å². The van der Waals surface area contributed by atoms with Crippen LogP contribution in [0.15, 0.2) is 65.8 Å². The van der Waals surface area contributed by atoms with Gasteiger partial charge in [-0.05, 0) is 43.4 Å². The Morgan fingerprint density at radius 2 is 1.96 bits per heavy atom. The molecule has 1 aliphatic rings. The second-order valence-corrected chi connectivity index (χ2v) is 6.62. The summed E-state index contributed by atoms with van der Waals surface area (Å²) >= 11 is 0. The predicted molar refractivity (Wildman–Crippen MR) is 97.4 cm³/mol. The molecule has 0 aliphatic heterocycles. The van der Waals surface area contributed by atoms with Crippen molar-refractivity contribution in [2.45, 2.75) is 33.6 Å². The molecule has 0 spiro atoms. The molecule has 0 aromatic heterocycles. The summed E-state index contributed by atoms with van der Waals surface area (Å²) < 4.78 is 0. The van der Waals surface area contributed by atoms with Gasteiger partial charge in [-0.2, -0.15) is 0 Å². The number of nitrogens with zero attached hydrogens (tertiary/aromatic N) is 1. The molecule has 0 heterocycles. The molecular weight excluding hydrogens is 282 g/mol. The van der Waals surface area contributed by atoms with Gasteiger partial charge in [-0.3, -0.25) is 4.79 Å². The van der Waals surface area contributed by atoms with Gasteiger partial charge in [0.15, 0.2) is 0 Å². The number of hydrogen-bond donors (Lipinski definition) is 0. The van der Waals surface area contributed by atoms with Crippen LogP contribution in [-0.2, 0) is 0 Å². The van der Waals surface area contributed by atoms with E-state index in [1.54, 1.807) is 0 Å². The Labute approximate surface area is 140 Å². The lowest BCUT2D eigenvalue weighted by Gasteiger charge is -2.25. The van der Waals surface area contributed by atoms with E-state index in [4.69, 9.17) is 0 Å². The summed E-state index contributed by atoms with van der Waals surface area (Å²) in [7, 11) is 0. The van der Waals surface area contributed by atoms with Gasteiger partial charge >= 0.3 is 0 Å². The number of rotatable bonds is 6. The molecule has 0 atom stereocenters. The van der Waals surface area contributed by atoms with Crippen LogP contribution < -0.4 is 0 Å². The Morgan fingerprint density at radius 3 is 2.57 bits per heavy atom. The summed E-state index contributed by atoms with van der Waals surface area (Å²) in [5.41, 5.74) is 3.23. The molecule has 2 nitrogen and oxygen atoms in total. The molecule has 2 heteroatoms. The Balaban J connectivity index is 2.12. The average molecular weight is 309 g/mol. The third-order valence-corrected chi connectivity index (χ3v) is 3.77. The fraction of sp³-hybridized carbons (Fsp3) is 0.381. The van der Waals surface area contributed by atoms with E-state index in [1.807, 2.05) is 35.2 Å². The highest BCUT2D eigenvalue weighted by atomic mass is 16.2. The zero-order chi connectivity index (χ0) is 16.7. The first-order valence-corrected chi connectivity index (χ1v) is 8.44. The summed E-state index contributed by atoms with van der Waals surface area (Å²) in [6.45, 7) is 7.85. The first kappa shape index (κ1) is 17.3. The molecule has 0 saturated heterocycles. The number of carbonyl (C=O) groups excluding carboxylic acids is 1. The van der Waals surface area contributed by atoms with E-state index < -0.39 is 0 Å². The lowest BCUT2D eigenvalue weighted by Crippen LogP contribution is -2.35. The van der Waals surface area contributed by atoms with E-state index in [0.29, 0.717) is 12.5 Å². The maximum absolute atomic E-state index is 12.8. The quantitative estimate of drug-likeness (QED) is 0.723. The summed E-state index contributed by atoms with van der Waals surface area (Å²) in [5, 5.41) is 0. The standard InChI is InChI=1S/C21H27NO/c1-17(2)15-22(21(23)20-12-8-5-9-13-20)16-18(3)14-19-10-6-4-7-11-19/h5-6,8-14,17H,4,7,15-16H2,1-3H3/b18-14+. The third-order valence-electron chi connectivity index (χ3n) is 3.77. The van der Waals surface area contributed by atoms with Crippen molar-refractivity contribution in [2.24, 2.45) is 5.92 Å². The molecule has 1 aromatic carbocycles. The number of allylic oxidation sites excluding steroid dienone is 5. The van der Waals surface area contributed by atoms with Crippen LogP contribution in [0.4, 0.5) is 0 Å². The van der Waals surface area contributed by atoms with Crippen molar-refractivity contribution in [2.75, 3.05) is 13.1 Å². The highest BCUT2D eigenvalue weighted by molar-refractivity contribution is 5.94. The largest absolute Gasteiger partial charge is 0.334 e. The monoisotopic (exact) mass is 309 g/mol. The molecule has 1 aromatic rings. The van der Waals surface area contributed by atoms with E-state index in [-0.39, 0.29) is 5.91 Å². The normalized spacial score (nSPS) is 14.8. The maximum atomic E-state index is 12.8. The Hall–Kier alpha value is -2.09.